The lowest BCUT2D eigenvalue weighted by Gasteiger charge is -2.14. The molecule has 3 N–H and O–H groups in total. The molecule has 1 fully saturated rings. The molecule has 0 radical (unpaired) electrons. The Morgan fingerprint density at radius 2 is 1.92 bits per heavy atom. The van der Waals surface area contributed by atoms with Crippen LogP contribution in [0.2, 0.25) is 0 Å². The predicted molar refractivity (Wildman–Crippen MR) is 148 cm³/mol. The molecular formula is C29H40N2O5S. The van der Waals surface area contributed by atoms with Crippen LogP contribution in [0.4, 0.5) is 0 Å². The lowest BCUT2D eigenvalue weighted by Crippen LogP contribution is -2.13. The van der Waals surface area contributed by atoms with E-state index < -0.39 is 0 Å². The van der Waals surface area contributed by atoms with Gasteiger partial charge in [-0.15, -0.1) is 11.3 Å². The smallest absolute Gasteiger partial charge is 0.333 e. The minimum Gasteiger partial charge on any atom is -0.491 e. The Labute approximate surface area is 224 Å². The monoisotopic (exact) mass is 528 g/mol. The van der Waals surface area contributed by atoms with Gasteiger partial charge in [0.25, 0.3) is 0 Å². The van der Waals surface area contributed by atoms with Crippen molar-refractivity contribution >= 4 is 29.7 Å². The van der Waals surface area contributed by atoms with Gasteiger partial charge in [-0.3, -0.25) is 0 Å². The van der Waals surface area contributed by atoms with Crippen molar-refractivity contribution in [2.45, 2.75) is 65.3 Å². The zero-order chi connectivity index (χ0) is 27.0. The van der Waals surface area contributed by atoms with Crippen LogP contribution in [-0.2, 0) is 20.7 Å². The zero-order valence-corrected chi connectivity index (χ0v) is 23.0. The molecule has 3 rings (SSSR count). The van der Waals surface area contributed by atoms with Crippen LogP contribution in [0.15, 0.2) is 46.9 Å². The summed E-state index contributed by atoms with van der Waals surface area (Å²) in [6.07, 6.45) is 11.6. The Morgan fingerprint density at radius 1 is 1.22 bits per heavy atom. The average Bonchev–Trinajstić information content (AvgIpc) is 3.37. The first-order valence-electron chi connectivity index (χ1n) is 12.9. The van der Waals surface area contributed by atoms with E-state index >= 15 is 0 Å². The third-order valence-electron chi connectivity index (χ3n) is 5.86. The topological polar surface area (TPSA) is 112 Å². The number of benzene rings is 1. The van der Waals surface area contributed by atoms with Crippen LogP contribution in [0, 0.1) is 5.92 Å². The lowest BCUT2D eigenvalue weighted by molar-refractivity contribution is -0.138. The van der Waals surface area contributed by atoms with Crippen LogP contribution in [0.5, 0.6) is 5.75 Å². The number of ether oxygens (including phenoxy) is 2. The van der Waals surface area contributed by atoms with Gasteiger partial charge < -0.3 is 25.1 Å². The molecule has 1 aliphatic carbocycles. The van der Waals surface area contributed by atoms with Crippen LogP contribution >= 0.6 is 11.3 Å². The molecule has 1 aromatic carbocycles. The number of thiazole rings is 1. The number of rotatable bonds is 11. The fraction of sp³-hybridized carbons (Fsp3) is 0.483. The van der Waals surface area contributed by atoms with E-state index in [1.54, 1.807) is 19.9 Å². The summed E-state index contributed by atoms with van der Waals surface area (Å²) in [6.45, 7) is 6.07. The molecular weight excluding hydrogens is 488 g/mol. The third kappa shape index (κ3) is 11.4. The van der Waals surface area contributed by atoms with Crippen LogP contribution in [-0.4, -0.2) is 42.2 Å². The third-order valence-corrected chi connectivity index (χ3v) is 6.85. The fourth-order valence-corrected chi connectivity index (χ4v) is 4.73. The number of esters is 1. The molecule has 1 unspecified atom stereocenters. The number of aromatic nitrogens is 1. The minimum atomic E-state index is -0.311. The first kappa shape index (κ1) is 30.4. The van der Waals surface area contributed by atoms with Gasteiger partial charge >= 0.3 is 5.97 Å². The first-order valence-corrected chi connectivity index (χ1v) is 13.8. The number of hydrogen-bond acceptors (Lipinski definition) is 8. The Bertz CT molecular complexity index is 1020. The highest BCUT2D eigenvalue weighted by molar-refractivity contribution is 7.09. The maximum atomic E-state index is 11.7. The standard InChI is InChI=1S/C22H28N2O4S.C7H12O/c1-4-27-22(26)16(3)11-15(2)12-18-14-29-21(24-18)20(23)13-17-5-7-19(8-6-17)28-10-9-25;8-6-7-4-2-1-3-5-7/h5-8,11-12,14,20,25H,4,9-10,13,23H2,1-3H3;6-7H,1-5H2/b15-12+,16-11-;. The van der Waals surface area contributed by atoms with E-state index in [4.69, 9.17) is 20.3 Å². The van der Waals surface area contributed by atoms with E-state index in [9.17, 15) is 9.59 Å². The van der Waals surface area contributed by atoms with E-state index in [0.717, 1.165) is 46.7 Å². The molecule has 8 heteroatoms. The van der Waals surface area contributed by atoms with E-state index in [-0.39, 0.29) is 25.2 Å². The molecule has 1 heterocycles. The second-order valence-electron chi connectivity index (χ2n) is 9.11. The number of hydrogen-bond donors (Lipinski definition) is 2. The Hall–Kier alpha value is -2.81. The van der Waals surface area contributed by atoms with Gasteiger partial charge in [-0.05, 0) is 75.5 Å². The van der Waals surface area contributed by atoms with Crippen molar-refractivity contribution in [1.82, 2.24) is 4.98 Å². The number of aliphatic hydroxyl groups is 1. The Balaban J connectivity index is 0.000000510. The quantitative estimate of drug-likeness (QED) is 0.173. The molecule has 1 saturated carbocycles. The van der Waals surface area contributed by atoms with Crippen molar-refractivity contribution < 1.29 is 24.2 Å². The number of carbonyl (C=O) groups is 2. The van der Waals surface area contributed by atoms with Gasteiger partial charge in [0.1, 0.15) is 23.7 Å². The summed E-state index contributed by atoms with van der Waals surface area (Å²) in [6, 6.07) is 7.47. The molecule has 1 aromatic heterocycles. The number of nitrogens with two attached hydrogens (primary N) is 1. The lowest BCUT2D eigenvalue weighted by atomic mass is 9.91. The van der Waals surface area contributed by atoms with Crippen molar-refractivity contribution in [1.29, 1.82) is 0 Å². The van der Waals surface area contributed by atoms with Crippen LogP contribution < -0.4 is 10.5 Å². The Kier molecular flexibility index (Phi) is 13.8. The molecule has 0 saturated heterocycles. The van der Waals surface area contributed by atoms with Crippen molar-refractivity contribution in [2.24, 2.45) is 11.7 Å². The summed E-state index contributed by atoms with van der Waals surface area (Å²) in [4.78, 5) is 26.5. The van der Waals surface area contributed by atoms with Crippen molar-refractivity contribution in [2.75, 3.05) is 19.8 Å². The maximum absolute atomic E-state index is 11.7. The highest BCUT2D eigenvalue weighted by Gasteiger charge is 2.12. The number of allylic oxidation sites excluding steroid dienone is 2. The van der Waals surface area contributed by atoms with Gasteiger partial charge in [0.15, 0.2) is 0 Å². The minimum absolute atomic E-state index is 0.00882. The summed E-state index contributed by atoms with van der Waals surface area (Å²) < 4.78 is 10.4. The number of nitrogens with zero attached hydrogens (tertiary/aromatic N) is 1. The van der Waals surface area contributed by atoms with Gasteiger partial charge in [0, 0.05) is 16.9 Å². The highest BCUT2D eigenvalue weighted by atomic mass is 32.1. The summed E-state index contributed by atoms with van der Waals surface area (Å²) in [5.74, 6) is 0.817. The molecule has 1 aliphatic rings. The highest BCUT2D eigenvalue weighted by Crippen LogP contribution is 2.23. The zero-order valence-electron chi connectivity index (χ0n) is 22.2. The van der Waals surface area contributed by atoms with E-state index in [1.165, 1.54) is 30.6 Å². The Morgan fingerprint density at radius 3 is 2.51 bits per heavy atom. The van der Waals surface area contributed by atoms with Gasteiger partial charge in [-0.25, -0.2) is 9.78 Å². The molecule has 1 atom stereocenters. The summed E-state index contributed by atoms with van der Waals surface area (Å²) in [5, 5.41) is 11.6. The molecule has 202 valence electrons. The molecule has 0 amide bonds. The predicted octanol–water partition coefficient (Wildman–Crippen LogP) is 5.44. The number of aldehydes is 1. The van der Waals surface area contributed by atoms with E-state index in [1.807, 2.05) is 42.6 Å². The van der Waals surface area contributed by atoms with Gasteiger partial charge in [-0.2, -0.15) is 0 Å². The SMILES string of the molecule is CCOC(=O)/C(C)=C\C(C)=C\c1csc(C(N)Cc2ccc(OCCO)cc2)n1.O=CC1CCCCC1. The molecule has 0 aliphatic heterocycles. The molecule has 0 spiro atoms. The second kappa shape index (κ2) is 16.8. The van der Waals surface area contributed by atoms with E-state index in [2.05, 4.69) is 4.98 Å². The first-order chi connectivity index (χ1) is 17.9. The van der Waals surface area contributed by atoms with Crippen molar-refractivity contribution in [3.8, 4) is 5.75 Å². The average molecular weight is 529 g/mol. The molecule has 7 nitrogen and oxygen atoms in total. The van der Waals surface area contributed by atoms with Gasteiger partial charge in [0.2, 0.25) is 0 Å². The molecule has 37 heavy (non-hydrogen) atoms. The molecule has 0 bridgehead atoms. The fourth-order valence-electron chi connectivity index (χ4n) is 3.95. The van der Waals surface area contributed by atoms with Crippen LogP contribution in [0.1, 0.15) is 75.2 Å². The van der Waals surface area contributed by atoms with Crippen molar-refractivity contribution in [3.63, 3.8) is 0 Å². The summed E-state index contributed by atoms with van der Waals surface area (Å²) in [7, 11) is 0. The molecule has 2 aromatic rings. The van der Waals surface area contributed by atoms with E-state index in [0.29, 0.717) is 24.5 Å². The number of aliphatic hydroxyl groups excluding tert-OH is 1. The normalized spacial score (nSPS) is 15.4. The van der Waals surface area contributed by atoms with Gasteiger partial charge in [0.05, 0.1) is 24.9 Å². The number of carbonyl (C=O) groups excluding carboxylic acids is 2. The van der Waals surface area contributed by atoms with Crippen LogP contribution in [0.25, 0.3) is 6.08 Å². The van der Waals surface area contributed by atoms with Crippen LogP contribution in [0.3, 0.4) is 0 Å². The summed E-state index contributed by atoms with van der Waals surface area (Å²) in [5.41, 5.74) is 9.71. The van der Waals surface area contributed by atoms with Gasteiger partial charge in [-0.1, -0.05) is 31.4 Å². The summed E-state index contributed by atoms with van der Waals surface area (Å²) >= 11 is 1.52. The largest absolute Gasteiger partial charge is 0.491 e. The second-order valence-corrected chi connectivity index (χ2v) is 10.00. The van der Waals surface area contributed by atoms with Crippen molar-refractivity contribution in [3.05, 3.63) is 63.1 Å². The maximum Gasteiger partial charge on any atom is 0.333 e.